The second-order valence-corrected chi connectivity index (χ2v) is 6.48. The van der Waals surface area contributed by atoms with Gasteiger partial charge in [0.2, 0.25) is 0 Å². The van der Waals surface area contributed by atoms with Crippen LogP contribution in [-0.2, 0) is 12.8 Å². The first-order valence-electron chi connectivity index (χ1n) is 7.98. The lowest BCUT2D eigenvalue weighted by Gasteiger charge is -2.40. The summed E-state index contributed by atoms with van der Waals surface area (Å²) in [6, 6.07) is 0. The Hall–Kier alpha value is -1.16. The van der Waals surface area contributed by atoms with Gasteiger partial charge in [-0.2, -0.15) is 0 Å². The molecule has 2 heterocycles. The molecule has 0 radical (unpaired) electrons. The van der Waals surface area contributed by atoms with Gasteiger partial charge in [0.1, 0.15) is 12.1 Å². The van der Waals surface area contributed by atoms with Crippen LogP contribution < -0.4 is 10.2 Å². The molecule has 1 fully saturated rings. The summed E-state index contributed by atoms with van der Waals surface area (Å²) >= 11 is 0. The van der Waals surface area contributed by atoms with Gasteiger partial charge in [-0.1, -0.05) is 6.42 Å². The number of aryl methyl sites for hydroxylation is 1. The highest BCUT2D eigenvalue weighted by Gasteiger charge is 2.30. The molecular formula is C16H26N4. The Balaban J connectivity index is 1.81. The van der Waals surface area contributed by atoms with Gasteiger partial charge >= 0.3 is 0 Å². The van der Waals surface area contributed by atoms with E-state index < -0.39 is 0 Å². The molecule has 0 saturated carbocycles. The molecule has 110 valence electrons. The number of rotatable bonds is 2. The van der Waals surface area contributed by atoms with Crippen LogP contribution in [0.25, 0.3) is 0 Å². The molecular weight excluding hydrogens is 248 g/mol. The van der Waals surface area contributed by atoms with Gasteiger partial charge < -0.3 is 10.2 Å². The number of aromatic nitrogens is 2. The molecule has 1 aromatic heterocycles. The number of hydrogen-bond acceptors (Lipinski definition) is 4. The van der Waals surface area contributed by atoms with Gasteiger partial charge in [0.15, 0.2) is 0 Å². The van der Waals surface area contributed by atoms with Crippen molar-refractivity contribution in [1.82, 2.24) is 15.3 Å². The third-order valence-corrected chi connectivity index (χ3v) is 5.12. The van der Waals surface area contributed by atoms with Gasteiger partial charge in [0.05, 0.1) is 0 Å². The van der Waals surface area contributed by atoms with Crippen molar-refractivity contribution >= 4 is 5.82 Å². The fraction of sp³-hybridized carbons (Fsp3) is 0.750. The lowest BCUT2D eigenvalue weighted by atomic mass is 9.89. The maximum Gasteiger partial charge on any atom is 0.135 e. The molecule has 4 nitrogen and oxygen atoms in total. The van der Waals surface area contributed by atoms with E-state index in [9.17, 15) is 0 Å². The minimum Gasteiger partial charge on any atom is -0.356 e. The first-order chi connectivity index (χ1) is 9.72. The Labute approximate surface area is 122 Å². The highest BCUT2D eigenvalue weighted by molar-refractivity contribution is 5.49. The number of piperidine rings is 1. The van der Waals surface area contributed by atoms with Gasteiger partial charge in [0, 0.05) is 29.9 Å². The van der Waals surface area contributed by atoms with E-state index >= 15 is 0 Å². The number of nitrogens with one attached hydrogen (secondary N) is 1. The molecule has 0 bridgehead atoms. The Kier molecular flexibility index (Phi) is 3.92. The molecule has 1 N–H and O–H groups in total. The molecule has 1 aliphatic carbocycles. The number of hydrogen-bond donors (Lipinski definition) is 1. The largest absolute Gasteiger partial charge is 0.356 e. The summed E-state index contributed by atoms with van der Waals surface area (Å²) < 4.78 is 0. The molecule has 0 aromatic carbocycles. The lowest BCUT2D eigenvalue weighted by Crippen LogP contribution is -2.50. The van der Waals surface area contributed by atoms with Gasteiger partial charge in [-0.05, 0) is 52.5 Å². The number of anilines is 1. The molecule has 2 aliphatic rings. The molecule has 1 saturated heterocycles. The van der Waals surface area contributed by atoms with Crippen molar-refractivity contribution in [1.29, 1.82) is 0 Å². The second-order valence-electron chi connectivity index (χ2n) is 6.48. The fourth-order valence-electron chi connectivity index (χ4n) is 3.42. The van der Waals surface area contributed by atoms with Gasteiger partial charge in [-0.15, -0.1) is 0 Å². The zero-order valence-electron chi connectivity index (χ0n) is 12.8. The van der Waals surface area contributed by atoms with E-state index in [1.165, 1.54) is 49.2 Å². The third-order valence-electron chi connectivity index (χ3n) is 5.12. The van der Waals surface area contributed by atoms with Crippen LogP contribution in [0.1, 0.15) is 50.3 Å². The Bertz CT molecular complexity index is 464. The highest BCUT2D eigenvalue weighted by atomic mass is 15.2. The minimum atomic E-state index is 0.292. The topological polar surface area (TPSA) is 41.0 Å². The molecule has 3 rings (SSSR count). The van der Waals surface area contributed by atoms with Crippen molar-refractivity contribution < 1.29 is 0 Å². The predicted molar refractivity (Wildman–Crippen MR) is 82.2 cm³/mol. The van der Waals surface area contributed by atoms with Crippen molar-refractivity contribution in [3.05, 3.63) is 17.6 Å². The lowest BCUT2D eigenvalue weighted by molar-refractivity contribution is 0.304. The van der Waals surface area contributed by atoms with Crippen LogP contribution in [0.5, 0.6) is 0 Å². The zero-order chi connectivity index (χ0) is 14.0. The first-order valence-corrected chi connectivity index (χ1v) is 7.98. The van der Waals surface area contributed by atoms with Crippen LogP contribution in [0, 0.1) is 0 Å². The molecule has 4 heteroatoms. The van der Waals surface area contributed by atoms with Gasteiger partial charge in [-0.3, -0.25) is 0 Å². The van der Waals surface area contributed by atoms with Crippen molar-refractivity contribution in [2.24, 2.45) is 0 Å². The summed E-state index contributed by atoms with van der Waals surface area (Å²) in [5, 5.41) is 3.47. The number of fused-ring (bicyclic) bond motifs is 1. The van der Waals surface area contributed by atoms with E-state index in [0.29, 0.717) is 5.54 Å². The molecule has 1 aliphatic heterocycles. The highest BCUT2D eigenvalue weighted by Crippen LogP contribution is 2.30. The Morgan fingerprint density at radius 2 is 1.85 bits per heavy atom. The summed E-state index contributed by atoms with van der Waals surface area (Å²) in [7, 11) is 2.08. The van der Waals surface area contributed by atoms with E-state index in [-0.39, 0.29) is 0 Å². The van der Waals surface area contributed by atoms with E-state index in [1.807, 2.05) is 0 Å². The normalized spacial score (nSPS) is 22.2. The van der Waals surface area contributed by atoms with Crippen LogP contribution >= 0.6 is 0 Å². The van der Waals surface area contributed by atoms with Crippen LogP contribution in [0.15, 0.2) is 6.33 Å². The van der Waals surface area contributed by atoms with Gasteiger partial charge in [0.25, 0.3) is 0 Å². The van der Waals surface area contributed by atoms with Crippen molar-refractivity contribution in [3.8, 4) is 0 Å². The quantitative estimate of drug-likeness (QED) is 0.840. The fourth-order valence-corrected chi connectivity index (χ4v) is 3.42. The summed E-state index contributed by atoms with van der Waals surface area (Å²) in [6.45, 7) is 4.52. The second kappa shape index (κ2) is 5.68. The molecule has 20 heavy (non-hydrogen) atoms. The number of nitrogens with zero attached hydrogens (tertiary/aromatic N) is 3. The summed E-state index contributed by atoms with van der Waals surface area (Å²) in [4.78, 5) is 11.6. The maximum absolute atomic E-state index is 4.63. The molecule has 0 amide bonds. The molecule has 0 atom stereocenters. The van der Waals surface area contributed by atoms with Gasteiger partial charge in [-0.25, -0.2) is 9.97 Å². The van der Waals surface area contributed by atoms with Crippen LogP contribution in [0.2, 0.25) is 0 Å². The van der Waals surface area contributed by atoms with E-state index in [2.05, 4.69) is 34.2 Å². The van der Waals surface area contributed by atoms with E-state index in [4.69, 9.17) is 0 Å². The molecule has 1 aromatic rings. The molecule has 0 unspecified atom stereocenters. The SMILES string of the molecule is CNC1(C)CCN(c2ncnc3c2CCCCC3)CC1. The van der Waals surface area contributed by atoms with Crippen LogP contribution in [-0.4, -0.2) is 35.6 Å². The summed E-state index contributed by atoms with van der Waals surface area (Å²) in [5.74, 6) is 1.22. The predicted octanol–water partition coefficient (Wildman–Crippen LogP) is 2.32. The van der Waals surface area contributed by atoms with Crippen molar-refractivity contribution in [2.75, 3.05) is 25.0 Å². The van der Waals surface area contributed by atoms with E-state index in [0.717, 1.165) is 25.9 Å². The maximum atomic E-state index is 4.63. The molecule has 0 spiro atoms. The average molecular weight is 274 g/mol. The van der Waals surface area contributed by atoms with Crippen LogP contribution in [0.4, 0.5) is 5.82 Å². The monoisotopic (exact) mass is 274 g/mol. The third kappa shape index (κ3) is 2.66. The first kappa shape index (κ1) is 13.8. The summed E-state index contributed by atoms with van der Waals surface area (Å²) in [5.41, 5.74) is 3.02. The summed E-state index contributed by atoms with van der Waals surface area (Å²) in [6.07, 6.45) is 10.3. The minimum absolute atomic E-state index is 0.292. The van der Waals surface area contributed by atoms with Crippen molar-refractivity contribution in [3.63, 3.8) is 0 Å². The Morgan fingerprint density at radius 3 is 2.60 bits per heavy atom. The smallest absolute Gasteiger partial charge is 0.135 e. The van der Waals surface area contributed by atoms with Crippen molar-refractivity contribution in [2.45, 2.75) is 57.4 Å². The average Bonchev–Trinajstić information content (AvgIpc) is 2.73. The zero-order valence-corrected chi connectivity index (χ0v) is 12.8. The Morgan fingerprint density at radius 1 is 1.10 bits per heavy atom. The van der Waals surface area contributed by atoms with E-state index in [1.54, 1.807) is 6.33 Å². The van der Waals surface area contributed by atoms with Crippen LogP contribution in [0.3, 0.4) is 0 Å². The standard InChI is InChI=1S/C16H26N4/c1-16(17-2)8-10-20(11-9-16)15-13-6-4-3-5-7-14(13)18-12-19-15/h12,17H,3-11H2,1-2H3.